The van der Waals surface area contributed by atoms with E-state index in [9.17, 15) is 0 Å². The minimum atomic E-state index is 0.545. The van der Waals surface area contributed by atoms with Crippen molar-refractivity contribution in [3.63, 3.8) is 0 Å². The Kier molecular flexibility index (Phi) is 5.02. The lowest BCUT2D eigenvalue weighted by atomic mass is 10.1. The van der Waals surface area contributed by atoms with Crippen LogP contribution in [0.2, 0.25) is 0 Å². The van der Waals surface area contributed by atoms with Crippen LogP contribution in [0.15, 0.2) is 58.3 Å². The number of fused-ring (bicyclic) bond motifs is 2. The second-order valence-electron chi connectivity index (χ2n) is 6.97. The van der Waals surface area contributed by atoms with E-state index in [1.165, 1.54) is 53.9 Å². The molecule has 132 valence electrons. The van der Waals surface area contributed by atoms with Crippen molar-refractivity contribution in [2.24, 2.45) is 0 Å². The molecule has 1 unspecified atom stereocenters. The maximum absolute atomic E-state index is 2.65. The van der Waals surface area contributed by atoms with E-state index in [4.69, 9.17) is 0 Å². The first-order chi connectivity index (χ1) is 12.3. The molecule has 2 aromatic rings. The molecule has 4 rings (SSSR count). The third-order valence-electron chi connectivity index (χ3n) is 5.46. The van der Waals surface area contributed by atoms with Crippen molar-refractivity contribution in [1.82, 2.24) is 9.80 Å². The molecule has 3 nitrogen and oxygen atoms in total. The van der Waals surface area contributed by atoms with Gasteiger partial charge in [-0.1, -0.05) is 43.0 Å². The predicted molar refractivity (Wildman–Crippen MR) is 107 cm³/mol. The molecule has 0 aromatic heterocycles. The van der Waals surface area contributed by atoms with Crippen LogP contribution in [0.4, 0.5) is 11.4 Å². The molecule has 2 heterocycles. The third kappa shape index (κ3) is 3.43. The third-order valence-corrected chi connectivity index (χ3v) is 6.59. The number of hydrogen-bond donors (Lipinski definition) is 0. The molecule has 2 aliphatic heterocycles. The summed E-state index contributed by atoms with van der Waals surface area (Å²) < 4.78 is 0. The first-order valence-electron chi connectivity index (χ1n) is 9.36. The van der Waals surface area contributed by atoms with Crippen LogP contribution in [0.25, 0.3) is 0 Å². The fourth-order valence-electron chi connectivity index (χ4n) is 3.88. The van der Waals surface area contributed by atoms with Crippen LogP contribution in [-0.4, -0.2) is 55.1 Å². The molecule has 1 atom stereocenters. The second-order valence-corrected chi connectivity index (χ2v) is 8.05. The molecule has 0 N–H and O–H groups in total. The summed E-state index contributed by atoms with van der Waals surface area (Å²) in [5.41, 5.74) is 2.70. The van der Waals surface area contributed by atoms with E-state index in [0.717, 1.165) is 6.54 Å². The zero-order chi connectivity index (χ0) is 17.2. The summed E-state index contributed by atoms with van der Waals surface area (Å²) in [6.07, 6.45) is 0. The first kappa shape index (κ1) is 17.0. The van der Waals surface area contributed by atoms with Crippen LogP contribution in [0.5, 0.6) is 0 Å². The van der Waals surface area contributed by atoms with Crippen molar-refractivity contribution in [2.45, 2.75) is 29.7 Å². The predicted octanol–water partition coefficient (Wildman–Crippen LogP) is 4.32. The highest BCUT2D eigenvalue weighted by Crippen LogP contribution is 2.47. The Labute approximate surface area is 155 Å². The van der Waals surface area contributed by atoms with Crippen LogP contribution >= 0.6 is 11.8 Å². The van der Waals surface area contributed by atoms with Crippen molar-refractivity contribution in [3.8, 4) is 0 Å². The minimum Gasteiger partial charge on any atom is -0.338 e. The summed E-state index contributed by atoms with van der Waals surface area (Å²) in [7, 11) is 0. The number of anilines is 2. The van der Waals surface area contributed by atoms with Gasteiger partial charge in [0.05, 0.1) is 11.4 Å². The second kappa shape index (κ2) is 7.40. The molecular weight excluding hydrogens is 326 g/mol. The van der Waals surface area contributed by atoms with Gasteiger partial charge in [-0.15, -0.1) is 0 Å². The van der Waals surface area contributed by atoms with Crippen molar-refractivity contribution in [3.05, 3.63) is 48.5 Å². The fourth-order valence-corrected chi connectivity index (χ4v) is 4.97. The van der Waals surface area contributed by atoms with Crippen LogP contribution < -0.4 is 4.90 Å². The Morgan fingerprint density at radius 1 is 0.880 bits per heavy atom. The van der Waals surface area contributed by atoms with Gasteiger partial charge in [-0.05, 0) is 37.7 Å². The van der Waals surface area contributed by atoms with Gasteiger partial charge in [-0.2, -0.15) is 0 Å². The van der Waals surface area contributed by atoms with Crippen LogP contribution in [0, 0.1) is 0 Å². The number of piperazine rings is 1. The van der Waals surface area contributed by atoms with Gasteiger partial charge in [0.1, 0.15) is 0 Å². The molecule has 4 heteroatoms. The summed E-state index contributed by atoms with van der Waals surface area (Å²) in [6, 6.07) is 18.2. The van der Waals surface area contributed by atoms with Gasteiger partial charge in [-0.25, -0.2) is 0 Å². The van der Waals surface area contributed by atoms with Gasteiger partial charge in [-0.3, -0.25) is 4.90 Å². The molecular formula is C21H27N3S. The lowest BCUT2D eigenvalue weighted by molar-refractivity contribution is 0.109. The summed E-state index contributed by atoms with van der Waals surface area (Å²) in [5.74, 6) is 0. The number of para-hydroxylation sites is 2. The average molecular weight is 354 g/mol. The number of nitrogens with zero attached hydrogens (tertiary/aromatic N) is 3. The molecule has 0 radical (unpaired) electrons. The van der Waals surface area contributed by atoms with Crippen molar-refractivity contribution in [2.75, 3.05) is 44.2 Å². The van der Waals surface area contributed by atoms with Gasteiger partial charge in [0.15, 0.2) is 0 Å². The maximum atomic E-state index is 2.65. The molecule has 0 spiro atoms. The van der Waals surface area contributed by atoms with Crippen molar-refractivity contribution >= 4 is 23.1 Å². The Morgan fingerprint density at radius 2 is 1.44 bits per heavy atom. The summed E-state index contributed by atoms with van der Waals surface area (Å²) in [5, 5.41) is 0. The van der Waals surface area contributed by atoms with E-state index in [2.05, 4.69) is 77.1 Å². The molecule has 0 saturated carbocycles. The Bertz CT molecular complexity index is 679. The van der Waals surface area contributed by atoms with Gasteiger partial charge >= 0.3 is 0 Å². The van der Waals surface area contributed by atoms with Gasteiger partial charge in [0.2, 0.25) is 0 Å². The molecule has 2 aliphatic rings. The number of hydrogen-bond acceptors (Lipinski definition) is 4. The molecule has 25 heavy (non-hydrogen) atoms. The topological polar surface area (TPSA) is 9.72 Å². The minimum absolute atomic E-state index is 0.545. The number of benzene rings is 2. The largest absolute Gasteiger partial charge is 0.338 e. The van der Waals surface area contributed by atoms with E-state index in [0.29, 0.717) is 6.04 Å². The van der Waals surface area contributed by atoms with Crippen LogP contribution in [-0.2, 0) is 0 Å². The summed E-state index contributed by atoms with van der Waals surface area (Å²) >= 11 is 1.89. The van der Waals surface area contributed by atoms with Crippen molar-refractivity contribution < 1.29 is 0 Å². The molecule has 2 aromatic carbocycles. The zero-order valence-electron chi connectivity index (χ0n) is 15.2. The monoisotopic (exact) mass is 353 g/mol. The van der Waals surface area contributed by atoms with E-state index < -0.39 is 0 Å². The SMILES string of the molecule is CCN1CCN(C(C)CN2c3ccccc3Sc3ccccc32)CC1. The maximum Gasteiger partial charge on any atom is 0.0553 e. The normalized spacial score (nSPS) is 19.4. The Hall–Kier alpha value is -1.49. The lowest BCUT2D eigenvalue weighted by Crippen LogP contribution is -2.52. The van der Waals surface area contributed by atoms with Gasteiger partial charge in [0.25, 0.3) is 0 Å². The zero-order valence-corrected chi connectivity index (χ0v) is 16.0. The van der Waals surface area contributed by atoms with E-state index in [-0.39, 0.29) is 0 Å². The highest BCUT2D eigenvalue weighted by molar-refractivity contribution is 7.99. The lowest BCUT2D eigenvalue weighted by Gasteiger charge is -2.41. The number of likely N-dealkylation sites (N-methyl/N-ethyl adjacent to an activating group) is 1. The Morgan fingerprint density at radius 3 is 2.00 bits per heavy atom. The van der Waals surface area contributed by atoms with Gasteiger partial charge in [0, 0.05) is 48.6 Å². The van der Waals surface area contributed by atoms with Crippen LogP contribution in [0.3, 0.4) is 0 Å². The first-order valence-corrected chi connectivity index (χ1v) is 10.2. The number of rotatable bonds is 4. The average Bonchev–Trinajstić information content (AvgIpc) is 2.67. The smallest absolute Gasteiger partial charge is 0.0553 e. The molecule has 0 aliphatic carbocycles. The summed E-state index contributed by atoms with van der Waals surface area (Å²) in [4.78, 5) is 10.5. The molecule has 0 amide bonds. The highest BCUT2D eigenvalue weighted by Gasteiger charge is 2.27. The highest BCUT2D eigenvalue weighted by atomic mass is 32.2. The summed E-state index contributed by atoms with van der Waals surface area (Å²) in [6.45, 7) is 11.6. The van der Waals surface area contributed by atoms with E-state index in [1.54, 1.807) is 0 Å². The Balaban J connectivity index is 1.56. The van der Waals surface area contributed by atoms with E-state index >= 15 is 0 Å². The van der Waals surface area contributed by atoms with E-state index in [1.807, 2.05) is 11.8 Å². The molecule has 0 bridgehead atoms. The standard InChI is InChI=1S/C21H27N3S/c1-3-22-12-14-23(15-13-22)17(2)16-24-18-8-4-6-10-20(18)25-21-11-7-5-9-19(21)24/h4-11,17H,3,12-16H2,1-2H3. The van der Waals surface area contributed by atoms with Crippen molar-refractivity contribution in [1.29, 1.82) is 0 Å². The van der Waals surface area contributed by atoms with Gasteiger partial charge < -0.3 is 9.80 Å². The molecule has 1 saturated heterocycles. The fraction of sp³-hybridized carbons (Fsp3) is 0.429. The quantitative estimate of drug-likeness (QED) is 0.810. The molecule has 1 fully saturated rings. The van der Waals surface area contributed by atoms with Crippen LogP contribution in [0.1, 0.15) is 13.8 Å².